The van der Waals surface area contributed by atoms with Crippen molar-refractivity contribution in [3.05, 3.63) is 34.9 Å². The van der Waals surface area contributed by atoms with E-state index in [1.54, 1.807) is 19.1 Å². The van der Waals surface area contributed by atoms with E-state index in [0.717, 1.165) is 5.01 Å². The van der Waals surface area contributed by atoms with Gasteiger partial charge in [0.2, 0.25) is 0 Å². The first kappa shape index (κ1) is 13.2. The summed E-state index contributed by atoms with van der Waals surface area (Å²) in [5, 5.41) is 9.06. The van der Waals surface area contributed by atoms with Gasteiger partial charge in [-0.2, -0.15) is 5.10 Å². The molecule has 0 spiro atoms. The van der Waals surface area contributed by atoms with Gasteiger partial charge in [0, 0.05) is 12.1 Å². The number of halogens is 1. The summed E-state index contributed by atoms with van der Waals surface area (Å²) < 4.78 is 0. The third-order valence-electron chi connectivity index (χ3n) is 2.44. The van der Waals surface area contributed by atoms with Gasteiger partial charge in [-0.3, -0.25) is 4.79 Å². The molecule has 98 valence electrons. The van der Waals surface area contributed by atoms with E-state index >= 15 is 0 Å². The van der Waals surface area contributed by atoms with Gasteiger partial charge in [0.1, 0.15) is 0 Å². The minimum Gasteiger partial charge on any atom is -0.312 e. The van der Waals surface area contributed by atoms with Gasteiger partial charge >= 0.3 is 5.97 Å². The number of carbonyl (C=O) groups is 2. The van der Waals surface area contributed by atoms with Gasteiger partial charge in [0.05, 0.1) is 11.3 Å². The molecule has 0 saturated heterocycles. The van der Waals surface area contributed by atoms with E-state index < -0.39 is 11.9 Å². The second-order valence-corrected chi connectivity index (χ2v) is 4.28. The molecule has 1 heterocycles. The summed E-state index contributed by atoms with van der Waals surface area (Å²) in [6.07, 6.45) is 0. The Morgan fingerprint density at radius 2 is 2.00 bits per heavy atom. The molecule has 0 radical (unpaired) electrons. The highest BCUT2D eigenvalue weighted by atomic mass is 35.5. The Hall–Kier alpha value is -2.21. The lowest BCUT2D eigenvalue weighted by Gasteiger charge is -2.01. The van der Waals surface area contributed by atoms with E-state index in [9.17, 15) is 9.59 Å². The van der Waals surface area contributed by atoms with Crippen molar-refractivity contribution in [2.45, 2.75) is 6.92 Å². The zero-order valence-corrected chi connectivity index (χ0v) is 11.0. The summed E-state index contributed by atoms with van der Waals surface area (Å²) in [5.41, 5.74) is 0.711. The number of hydrogen-bond donors (Lipinski definition) is 0. The normalized spacial score (nSPS) is 16.8. The molecule has 0 aromatic heterocycles. The molecule has 0 aliphatic carbocycles. The number of amides is 1. The summed E-state index contributed by atoms with van der Waals surface area (Å²) >= 11 is 5.71. The maximum absolute atomic E-state index is 11.7. The van der Waals surface area contributed by atoms with Gasteiger partial charge in [-0.1, -0.05) is 16.8 Å². The lowest BCUT2D eigenvalue weighted by Crippen LogP contribution is -2.24. The van der Waals surface area contributed by atoms with Gasteiger partial charge in [-0.05, 0) is 31.2 Å². The topological polar surface area (TPSA) is 71.3 Å². The Balaban J connectivity index is 2.11. The van der Waals surface area contributed by atoms with Crippen LogP contribution in [0.5, 0.6) is 0 Å². The summed E-state index contributed by atoms with van der Waals surface area (Å²) in [6.45, 7) is 1.61. The molecule has 2 rings (SSSR count). The second kappa shape index (κ2) is 5.19. The second-order valence-electron chi connectivity index (χ2n) is 3.84. The van der Waals surface area contributed by atoms with Crippen molar-refractivity contribution >= 4 is 34.9 Å². The van der Waals surface area contributed by atoms with Crippen molar-refractivity contribution in [3.8, 4) is 0 Å². The average Bonchev–Trinajstić information content (AvgIpc) is 2.62. The number of oxime groups is 1. The maximum atomic E-state index is 11.7. The van der Waals surface area contributed by atoms with Crippen molar-refractivity contribution in [2.75, 3.05) is 7.05 Å². The summed E-state index contributed by atoms with van der Waals surface area (Å²) in [5.74, 6) is -1.08. The molecule has 1 aliphatic rings. The lowest BCUT2D eigenvalue weighted by atomic mass is 10.2. The smallest absolute Gasteiger partial charge is 0.312 e. The molecule has 1 aromatic carbocycles. The van der Waals surface area contributed by atoms with Crippen LogP contribution in [0.4, 0.5) is 0 Å². The molecular formula is C12H10ClN3O3. The van der Waals surface area contributed by atoms with E-state index in [0.29, 0.717) is 16.3 Å². The predicted molar refractivity (Wildman–Crippen MR) is 70.2 cm³/mol. The molecule has 1 amide bonds. The molecule has 0 N–H and O–H groups in total. The van der Waals surface area contributed by atoms with Crippen LogP contribution < -0.4 is 0 Å². The van der Waals surface area contributed by atoms with Gasteiger partial charge in [-0.25, -0.2) is 9.80 Å². The van der Waals surface area contributed by atoms with Gasteiger partial charge in [0.15, 0.2) is 5.71 Å². The number of hydrogen-bond acceptors (Lipinski definition) is 5. The minimum absolute atomic E-state index is 0.0183. The van der Waals surface area contributed by atoms with Crippen LogP contribution in [-0.2, 0) is 9.63 Å². The highest BCUT2D eigenvalue weighted by Crippen LogP contribution is 2.11. The van der Waals surface area contributed by atoms with E-state index in [2.05, 4.69) is 10.3 Å². The first-order valence-electron chi connectivity index (χ1n) is 5.37. The van der Waals surface area contributed by atoms with Crippen molar-refractivity contribution in [3.63, 3.8) is 0 Å². The van der Waals surface area contributed by atoms with E-state index in [-0.39, 0.29) is 5.71 Å². The Labute approximate surface area is 114 Å². The number of rotatable bonds is 2. The molecule has 1 aromatic rings. The van der Waals surface area contributed by atoms with Crippen molar-refractivity contribution < 1.29 is 14.4 Å². The first-order valence-corrected chi connectivity index (χ1v) is 5.75. The molecule has 1 aliphatic heterocycles. The molecule has 0 bridgehead atoms. The highest BCUT2D eigenvalue weighted by Gasteiger charge is 2.27. The average molecular weight is 280 g/mol. The van der Waals surface area contributed by atoms with Crippen LogP contribution in [0.15, 0.2) is 34.5 Å². The van der Waals surface area contributed by atoms with Crippen LogP contribution in [-0.4, -0.2) is 35.4 Å². The third-order valence-corrected chi connectivity index (χ3v) is 2.69. The van der Waals surface area contributed by atoms with Crippen LogP contribution in [0.1, 0.15) is 17.3 Å². The SMILES string of the molecule is CC1=NN(C)C(=O)C1=NOC(=O)c1ccc(Cl)cc1. The Morgan fingerprint density at radius 1 is 1.37 bits per heavy atom. The zero-order valence-electron chi connectivity index (χ0n) is 10.3. The molecule has 0 fully saturated rings. The molecule has 0 saturated carbocycles. The van der Waals surface area contributed by atoms with Gasteiger partial charge in [-0.15, -0.1) is 0 Å². The standard InChI is InChI=1S/C12H10ClN3O3/c1-7-10(11(17)16(2)14-7)15-19-12(18)8-3-5-9(13)6-4-8/h3-6H,1-2H3. The fourth-order valence-corrected chi connectivity index (χ4v) is 1.58. The number of nitrogens with zero attached hydrogens (tertiary/aromatic N) is 3. The van der Waals surface area contributed by atoms with Crippen LogP contribution in [0.3, 0.4) is 0 Å². The summed E-state index contributed by atoms with van der Waals surface area (Å²) in [6, 6.07) is 6.14. The molecule has 7 heteroatoms. The highest BCUT2D eigenvalue weighted by molar-refractivity contribution is 6.68. The Kier molecular flexibility index (Phi) is 3.62. The van der Waals surface area contributed by atoms with Crippen LogP contribution in [0.25, 0.3) is 0 Å². The third kappa shape index (κ3) is 2.79. The van der Waals surface area contributed by atoms with Crippen LogP contribution >= 0.6 is 11.6 Å². The Bertz CT molecular complexity index is 593. The minimum atomic E-state index is -0.667. The van der Waals surface area contributed by atoms with Crippen molar-refractivity contribution in [1.29, 1.82) is 0 Å². The van der Waals surface area contributed by atoms with Crippen molar-refractivity contribution in [1.82, 2.24) is 5.01 Å². The fourth-order valence-electron chi connectivity index (χ4n) is 1.46. The van der Waals surface area contributed by atoms with E-state index in [1.165, 1.54) is 19.2 Å². The lowest BCUT2D eigenvalue weighted by molar-refractivity contribution is -0.122. The van der Waals surface area contributed by atoms with Gasteiger partial charge < -0.3 is 4.84 Å². The quantitative estimate of drug-likeness (QED) is 0.611. The summed E-state index contributed by atoms with van der Waals surface area (Å²) in [4.78, 5) is 28.0. The largest absolute Gasteiger partial charge is 0.365 e. The van der Waals surface area contributed by atoms with Crippen molar-refractivity contribution in [2.24, 2.45) is 10.3 Å². The zero-order chi connectivity index (χ0) is 14.0. The number of benzene rings is 1. The summed E-state index contributed by atoms with van der Waals surface area (Å²) in [7, 11) is 1.50. The fraction of sp³-hybridized carbons (Fsp3) is 0.167. The van der Waals surface area contributed by atoms with E-state index in [4.69, 9.17) is 16.4 Å². The van der Waals surface area contributed by atoms with Gasteiger partial charge in [0.25, 0.3) is 5.91 Å². The first-order chi connectivity index (χ1) is 8.99. The number of carbonyl (C=O) groups excluding carboxylic acids is 2. The maximum Gasteiger partial charge on any atom is 0.365 e. The number of hydrazone groups is 1. The predicted octanol–water partition coefficient (Wildman–Crippen LogP) is 1.70. The monoisotopic (exact) mass is 279 g/mol. The molecule has 19 heavy (non-hydrogen) atoms. The molecule has 0 atom stereocenters. The molecule has 0 unspecified atom stereocenters. The van der Waals surface area contributed by atoms with Crippen LogP contribution in [0.2, 0.25) is 5.02 Å². The molecule has 6 nitrogen and oxygen atoms in total. The molecular weight excluding hydrogens is 270 g/mol. The van der Waals surface area contributed by atoms with E-state index in [1.807, 2.05) is 0 Å². The Morgan fingerprint density at radius 3 is 2.53 bits per heavy atom. The van der Waals surface area contributed by atoms with Crippen LogP contribution in [0, 0.1) is 0 Å².